The van der Waals surface area contributed by atoms with Gasteiger partial charge in [-0.15, -0.1) is 0 Å². The summed E-state index contributed by atoms with van der Waals surface area (Å²) in [5, 5.41) is 8.69. The van der Waals surface area contributed by atoms with Gasteiger partial charge in [0.1, 0.15) is 0 Å². The van der Waals surface area contributed by atoms with Crippen molar-refractivity contribution in [3.63, 3.8) is 0 Å². The molecule has 4 nitrogen and oxygen atoms in total. The van der Waals surface area contributed by atoms with Gasteiger partial charge in [0.05, 0.1) is 6.61 Å². The van der Waals surface area contributed by atoms with E-state index in [0.29, 0.717) is 17.8 Å². The first-order valence-electron chi connectivity index (χ1n) is 16.1. The summed E-state index contributed by atoms with van der Waals surface area (Å²) in [6.45, 7) is 12.0. The number of hydrogen-bond acceptors (Lipinski definition) is 3. The van der Waals surface area contributed by atoms with E-state index in [0.717, 1.165) is 19.3 Å². The zero-order chi connectivity index (χ0) is 28.7. The lowest BCUT2D eigenvalue weighted by Gasteiger charge is -2.04. The Labute approximate surface area is 237 Å². The van der Waals surface area contributed by atoms with E-state index in [1.807, 2.05) is 6.08 Å². The summed E-state index contributed by atoms with van der Waals surface area (Å²) in [4.78, 5) is 21.7. The molecule has 0 aromatic rings. The SMILES string of the molecule is C=C(C)C(=O)OCCCCCCCCCCCCC.CCCCCCCCCCCCCC=C(C)C(=O)O. The molecule has 224 valence electrons. The highest BCUT2D eigenvalue weighted by atomic mass is 16.5. The van der Waals surface area contributed by atoms with Gasteiger partial charge in [0.25, 0.3) is 0 Å². The lowest BCUT2D eigenvalue weighted by Crippen LogP contribution is -2.05. The highest BCUT2D eigenvalue weighted by Crippen LogP contribution is 2.13. The van der Waals surface area contributed by atoms with Crippen molar-refractivity contribution in [1.29, 1.82) is 0 Å². The number of ether oxygens (including phenoxy) is 1. The second-order valence-corrected chi connectivity index (χ2v) is 11.0. The number of carbonyl (C=O) groups is 2. The van der Waals surface area contributed by atoms with Crippen LogP contribution in [-0.4, -0.2) is 23.7 Å². The molecule has 0 saturated heterocycles. The molecule has 0 atom stereocenters. The average Bonchev–Trinajstić information content (AvgIpc) is 2.89. The van der Waals surface area contributed by atoms with E-state index in [2.05, 4.69) is 20.4 Å². The topological polar surface area (TPSA) is 63.6 Å². The highest BCUT2D eigenvalue weighted by Gasteiger charge is 2.02. The lowest BCUT2D eigenvalue weighted by molar-refractivity contribution is -0.139. The Morgan fingerprint density at radius 2 is 0.947 bits per heavy atom. The standard InChI is InChI=1S/2C17H32O2/c1-4-5-6-7-8-9-10-11-12-13-14-15-19-17(18)16(2)3;1-3-4-5-6-7-8-9-10-11-12-13-14-15-16(2)17(18)19/h2,4-15H2,1,3H3;15H,3-14H2,1-2H3,(H,18,19). The zero-order valence-electron chi connectivity index (χ0n) is 25.9. The molecule has 0 heterocycles. The minimum atomic E-state index is -0.789. The van der Waals surface area contributed by atoms with Crippen LogP contribution in [0.3, 0.4) is 0 Å². The van der Waals surface area contributed by atoms with Crippen LogP contribution < -0.4 is 0 Å². The van der Waals surface area contributed by atoms with Crippen LogP contribution in [-0.2, 0) is 14.3 Å². The second-order valence-electron chi connectivity index (χ2n) is 11.0. The molecule has 0 amide bonds. The fourth-order valence-electron chi connectivity index (χ4n) is 4.27. The predicted molar refractivity (Wildman–Crippen MR) is 165 cm³/mol. The molecule has 4 heteroatoms. The molecule has 0 radical (unpaired) electrons. The minimum absolute atomic E-state index is 0.257. The number of esters is 1. The predicted octanol–water partition coefficient (Wildman–Crippen LogP) is 11.1. The molecule has 1 N–H and O–H groups in total. The zero-order valence-corrected chi connectivity index (χ0v) is 25.9. The lowest BCUT2D eigenvalue weighted by atomic mass is 10.0. The molecule has 0 aliphatic rings. The molecule has 0 fully saturated rings. The van der Waals surface area contributed by atoms with Crippen molar-refractivity contribution in [3.05, 3.63) is 23.8 Å². The smallest absolute Gasteiger partial charge is 0.333 e. The van der Waals surface area contributed by atoms with Crippen molar-refractivity contribution in [2.24, 2.45) is 0 Å². The van der Waals surface area contributed by atoms with Gasteiger partial charge < -0.3 is 9.84 Å². The van der Waals surface area contributed by atoms with Crippen LogP contribution in [0.25, 0.3) is 0 Å². The Balaban J connectivity index is 0. The molecule has 0 unspecified atom stereocenters. The van der Waals surface area contributed by atoms with Gasteiger partial charge in [-0.2, -0.15) is 0 Å². The number of rotatable bonds is 26. The normalized spacial score (nSPS) is 11.1. The summed E-state index contributed by atoms with van der Waals surface area (Å²) in [5.74, 6) is -1.05. The molecule has 38 heavy (non-hydrogen) atoms. The quantitative estimate of drug-likeness (QED) is 0.0678. The largest absolute Gasteiger partial charge is 0.478 e. The number of carboxylic acids is 1. The molecule has 0 bridgehead atoms. The molecule has 0 aromatic heterocycles. The molecule has 0 rings (SSSR count). The van der Waals surface area contributed by atoms with Crippen LogP contribution in [0.15, 0.2) is 23.8 Å². The van der Waals surface area contributed by atoms with Crippen molar-refractivity contribution in [1.82, 2.24) is 0 Å². The van der Waals surface area contributed by atoms with Crippen molar-refractivity contribution >= 4 is 11.9 Å². The van der Waals surface area contributed by atoms with Gasteiger partial charge in [-0.05, 0) is 33.1 Å². The van der Waals surface area contributed by atoms with Crippen LogP contribution >= 0.6 is 0 Å². The van der Waals surface area contributed by atoms with E-state index in [-0.39, 0.29) is 5.97 Å². The first-order valence-corrected chi connectivity index (χ1v) is 16.1. The molecule has 0 aliphatic heterocycles. The molecular weight excluding hydrogens is 472 g/mol. The summed E-state index contributed by atoms with van der Waals surface area (Å²) in [6, 6.07) is 0. The van der Waals surface area contributed by atoms with E-state index >= 15 is 0 Å². The molecule has 0 spiro atoms. The maximum Gasteiger partial charge on any atom is 0.333 e. The van der Waals surface area contributed by atoms with Crippen molar-refractivity contribution in [2.75, 3.05) is 6.61 Å². The fourth-order valence-corrected chi connectivity index (χ4v) is 4.27. The number of allylic oxidation sites excluding steroid dienone is 1. The Kier molecular flexibility index (Phi) is 32.1. The van der Waals surface area contributed by atoms with Crippen LogP contribution in [0, 0.1) is 0 Å². The molecule has 0 aromatic carbocycles. The Morgan fingerprint density at radius 3 is 1.29 bits per heavy atom. The molecule has 0 saturated carbocycles. The van der Waals surface area contributed by atoms with Gasteiger partial charge in [-0.25, -0.2) is 9.59 Å². The first kappa shape index (κ1) is 38.6. The van der Waals surface area contributed by atoms with E-state index in [1.165, 1.54) is 128 Å². The maximum atomic E-state index is 11.1. The van der Waals surface area contributed by atoms with Gasteiger partial charge >= 0.3 is 11.9 Å². The number of aliphatic carboxylic acids is 1. The average molecular weight is 537 g/mol. The van der Waals surface area contributed by atoms with Gasteiger partial charge in [-0.1, -0.05) is 155 Å². The third-order valence-corrected chi connectivity index (χ3v) is 6.93. The number of carbonyl (C=O) groups excluding carboxylic acids is 1. The first-order chi connectivity index (χ1) is 18.4. The van der Waals surface area contributed by atoms with Gasteiger partial charge in [-0.3, -0.25) is 0 Å². The minimum Gasteiger partial charge on any atom is -0.478 e. The van der Waals surface area contributed by atoms with E-state index in [9.17, 15) is 9.59 Å². The van der Waals surface area contributed by atoms with Gasteiger partial charge in [0, 0.05) is 11.1 Å². The summed E-state index contributed by atoms with van der Waals surface area (Å²) in [7, 11) is 0. The van der Waals surface area contributed by atoms with E-state index < -0.39 is 5.97 Å². The summed E-state index contributed by atoms with van der Waals surface area (Å²) >= 11 is 0. The fraction of sp³-hybridized carbons (Fsp3) is 0.824. The van der Waals surface area contributed by atoms with Crippen LogP contribution in [0.1, 0.15) is 175 Å². The van der Waals surface area contributed by atoms with Crippen molar-refractivity contribution in [2.45, 2.75) is 175 Å². The van der Waals surface area contributed by atoms with Crippen LogP contribution in [0.4, 0.5) is 0 Å². The Hall–Kier alpha value is -1.58. The third-order valence-electron chi connectivity index (χ3n) is 6.93. The number of unbranched alkanes of at least 4 members (excludes halogenated alkanes) is 21. The van der Waals surface area contributed by atoms with Crippen molar-refractivity contribution < 1.29 is 19.4 Å². The third kappa shape index (κ3) is 32.4. The maximum absolute atomic E-state index is 11.1. The van der Waals surface area contributed by atoms with Gasteiger partial charge in [0.15, 0.2) is 0 Å². The highest BCUT2D eigenvalue weighted by molar-refractivity contribution is 5.86. The monoisotopic (exact) mass is 536 g/mol. The summed E-state index contributed by atoms with van der Waals surface area (Å²) < 4.78 is 5.05. The Bertz CT molecular complexity index is 579. The van der Waals surface area contributed by atoms with Crippen LogP contribution in [0.2, 0.25) is 0 Å². The molecular formula is C34H64O4. The summed E-state index contributed by atoms with van der Waals surface area (Å²) in [6.07, 6.45) is 31.9. The Morgan fingerprint density at radius 1 is 0.605 bits per heavy atom. The number of hydrogen-bond donors (Lipinski definition) is 1. The molecule has 0 aliphatic carbocycles. The van der Waals surface area contributed by atoms with Crippen molar-refractivity contribution in [3.8, 4) is 0 Å². The summed E-state index contributed by atoms with van der Waals surface area (Å²) in [5.41, 5.74) is 0.968. The second kappa shape index (κ2) is 31.6. The van der Waals surface area contributed by atoms with E-state index in [4.69, 9.17) is 9.84 Å². The van der Waals surface area contributed by atoms with Crippen LogP contribution in [0.5, 0.6) is 0 Å². The number of carboxylic acid groups (broad SMARTS) is 1. The van der Waals surface area contributed by atoms with Gasteiger partial charge in [0.2, 0.25) is 0 Å². The van der Waals surface area contributed by atoms with E-state index in [1.54, 1.807) is 13.8 Å².